The van der Waals surface area contributed by atoms with E-state index in [0.29, 0.717) is 5.69 Å². The highest BCUT2D eigenvalue weighted by Gasteiger charge is 2.47. The number of nitrogens with zero attached hydrogens (tertiary/aromatic N) is 2. The van der Waals surface area contributed by atoms with Crippen molar-refractivity contribution in [3.8, 4) is 5.69 Å². The van der Waals surface area contributed by atoms with Gasteiger partial charge in [-0.1, -0.05) is 45.0 Å². The van der Waals surface area contributed by atoms with E-state index in [4.69, 9.17) is 10.5 Å². The van der Waals surface area contributed by atoms with Gasteiger partial charge in [-0.3, -0.25) is 9.36 Å². The average Bonchev–Trinajstić information content (AvgIpc) is 2.60. The van der Waals surface area contributed by atoms with E-state index in [-0.39, 0.29) is 16.7 Å². The molecule has 0 radical (unpaired) electrons. The third-order valence-corrected chi connectivity index (χ3v) is 5.02. The first kappa shape index (κ1) is 19.5. The zero-order valence-electron chi connectivity index (χ0n) is 16.2. The number of fused-ring (bicyclic) bond motifs is 1. The number of amides is 1. The number of aromatic nitrogens is 2. The molecule has 146 valence electrons. The lowest BCUT2D eigenvalue weighted by molar-refractivity contribution is -0.0640. The standard InChI is InChI=1S/C21H22FN3O3/c1-20(2,3)21(4,28-19(23)27)18-24-15-12-8-11-14(22)16(15)17(26)25(18)13-9-6-5-7-10-13/h5-12H,1-4H3,(H2,23,27)/t21-/m1/s1. The van der Waals surface area contributed by atoms with Crippen molar-refractivity contribution in [2.24, 2.45) is 11.1 Å². The molecule has 3 rings (SSSR count). The number of carbonyl (C=O) groups is 1. The van der Waals surface area contributed by atoms with Gasteiger partial charge in [-0.2, -0.15) is 0 Å². The number of rotatable bonds is 3. The van der Waals surface area contributed by atoms with Gasteiger partial charge in [0, 0.05) is 5.41 Å². The predicted molar refractivity (Wildman–Crippen MR) is 105 cm³/mol. The van der Waals surface area contributed by atoms with E-state index in [0.717, 1.165) is 0 Å². The first-order valence-electron chi connectivity index (χ1n) is 8.82. The molecule has 0 aliphatic rings. The molecule has 28 heavy (non-hydrogen) atoms. The van der Waals surface area contributed by atoms with Crippen LogP contribution >= 0.6 is 0 Å². The van der Waals surface area contributed by atoms with E-state index < -0.39 is 28.5 Å². The van der Waals surface area contributed by atoms with E-state index in [2.05, 4.69) is 4.98 Å². The summed E-state index contributed by atoms with van der Waals surface area (Å²) in [7, 11) is 0. The number of carbonyl (C=O) groups excluding carboxylic acids is 1. The van der Waals surface area contributed by atoms with Gasteiger partial charge in [0.1, 0.15) is 11.2 Å². The maximum Gasteiger partial charge on any atom is 0.405 e. The maximum absolute atomic E-state index is 14.5. The van der Waals surface area contributed by atoms with Crippen molar-refractivity contribution >= 4 is 17.0 Å². The first-order chi connectivity index (χ1) is 13.1. The minimum atomic E-state index is -1.37. The van der Waals surface area contributed by atoms with Crippen molar-refractivity contribution in [1.82, 2.24) is 9.55 Å². The molecule has 0 saturated carbocycles. The Morgan fingerprint density at radius 1 is 1.07 bits per heavy atom. The van der Waals surface area contributed by atoms with Crippen molar-refractivity contribution in [3.05, 3.63) is 70.5 Å². The monoisotopic (exact) mass is 383 g/mol. The smallest absolute Gasteiger partial charge is 0.405 e. The van der Waals surface area contributed by atoms with Crippen LogP contribution in [0.25, 0.3) is 16.6 Å². The summed E-state index contributed by atoms with van der Waals surface area (Å²) in [5, 5.41) is -0.134. The summed E-state index contributed by atoms with van der Waals surface area (Å²) in [6.07, 6.45) is -0.995. The van der Waals surface area contributed by atoms with Gasteiger partial charge in [0.05, 0.1) is 11.2 Å². The quantitative estimate of drug-likeness (QED) is 0.743. The second kappa shape index (κ2) is 6.74. The lowest BCUT2D eigenvalue weighted by Gasteiger charge is -2.40. The Bertz CT molecular complexity index is 1100. The molecule has 1 aromatic heterocycles. The summed E-state index contributed by atoms with van der Waals surface area (Å²) in [6.45, 7) is 7.16. The molecule has 3 aromatic rings. The summed E-state index contributed by atoms with van der Waals surface area (Å²) < 4.78 is 21.2. The van der Waals surface area contributed by atoms with Gasteiger partial charge in [-0.15, -0.1) is 0 Å². The van der Waals surface area contributed by atoms with Crippen LogP contribution in [-0.4, -0.2) is 15.6 Å². The molecule has 1 atom stereocenters. The summed E-state index contributed by atoms with van der Waals surface area (Å²) in [5.41, 5.74) is 3.35. The third-order valence-electron chi connectivity index (χ3n) is 5.02. The highest BCUT2D eigenvalue weighted by Crippen LogP contribution is 2.42. The predicted octanol–water partition coefficient (Wildman–Crippen LogP) is 3.88. The van der Waals surface area contributed by atoms with Crippen LogP contribution in [-0.2, 0) is 10.3 Å². The fraction of sp³-hybridized carbons (Fsp3) is 0.286. The summed E-state index contributed by atoms with van der Waals surface area (Å²) in [4.78, 5) is 29.6. The minimum Gasteiger partial charge on any atom is -0.435 e. The molecular weight excluding hydrogens is 361 g/mol. The van der Waals surface area contributed by atoms with E-state index in [9.17, 15) is 14.0 Å². The van der Waals surface area contributed by atoms with Crippen LogP contribution in [0, 0.1) is 11.2 Å². The van der Waals surface area contributed by atoms with Crippen molar-refractivity contribution in [1.29, 1.82) is 0 Å². The second-order valence-electron chi connectivity index (χ2n) is 7.75. The first-order valence-corrected chi connectivity index (χ1v) is 8.82. The average molecular weight is 383 g/mol. The molecule has 0 spiro atoms. The molecule has 0 aliphatic heterocycles. The Labute approximate surface area is 161 Å². The fourth-order valence-corrected chi connectivity index (χ4v) is 3.06. The van der Waals surface area contributed by atoms with Crippen LogP contribution in [0.4, 0.5) is 9.18 Å². The number of ether oxygens (including phenoxy) is 1. The SMILES string of the molecule is CC(C)(C)[C@](C)(OC(N)=O)c1nc2cccc(F)c2c(=O)n1-c1ccccc1. The summed E-state index contributed by atoms with van der Waals surface area (Å²) in [6, 6.07) is 12.9. The van der Waals surface area contributed by atoms with Crippen LogP contribution in [0.2, 0.25) is 0 Å². The molecular formula is C21H22FN3O3. The van der Waals surface area contributed by atoms with Gasteiger partial charge < -0.3 is 10.5 Å². The number of nitrogens with two attached hydrogens (primary N) is 1. The highest BCUT2D eigenvalue weighted by molar-refractivity contribution is 5.79. The van der Waals surface area contributed by atoms with Crippen LogP contribution in [0.3, 0.4) is 0 Å². The van der Waals surface area contributed by atoms with Gasteiger partial charge >= 0.3 is 6.09 Å². The van der Waals surface area contributed by atoms with Crippen LogP contribution < -0.4 is 11.3 Å². The number of primary amides is 1. The molecule has 0 bridgehead atoms. The molecule has 0 aliphatic carbocycles. The molecule has 0 unspecified atom stereocenters. The largest absolute Gasteiger partial charge is 0.435 e. The van der Waals surface area contributed by atoms with Gasteiger partial charge in [0.15, 0.2) is 11.4 Å². The van der Waals surface area contributed by atoms with Crippen LogP contribution in [0.15, 0.2) is 53.3 Å². The molecule has 2 aromatic carbocycles. The molecule has 6 nitrogen and oxygen atoms in total. The molecule has 2 N–H and O–H groups in total. The Kier molecular flexibility index (Phi) is 4.71. The number of benzene rings is 2. The second-order valence-corrected chi connectivity index (χ2v) is 7.75. The molecule has 0 fully saturated rings. The van der Waals surface area contributed by atoms with Crippen LogP contribution in [0.1, 0.15) is 33.5 Å². The summed E-state index contributed by atoms with van der Waals surface area (Å²) >= 11 is 0. The number of hydrogen-bond acceptors (Lipinski definition) is 4. The lowest BCUT2D eigenvalue weighted by Crippen LogP contribution is -2.47. The fourth-order valence-electron chi connectivity index (χ4n) is 3.06. The van der Waals surface area contributed by atoms with Crippen molar-refractivity contribution in [3.63, 3.8) is 0 Å². The number of para-hydroxylation sites is 1. The molecule has 7 heteroatoms. The Morgan fingerprint density at radius 3 is 2.29 bits per heavy atom. The van der Waals surface area contributed by atoms with Gasteiger partial charge in [-0.25, -0.2) is 14.2 Å². The van der Waals surface area contributed by atoms with E-state index >= 15 is 0 Å². The third kappa shape index (κ3) is 3.13. The maximum atomic E-state index is 14.5. The van der Waals surface area contributed by atoms with E-state index in [1.807, 2.05) is 20.8 Å². The Morgan fingerprint density at radius 2 is 1.71 bits per heavy atom. The van der Waals surface area contributed by atoms with Crippen molar-refractivity contribution < 1.29 is 13.9 Å². The number of halogens is 1. The van der Waals surface area contributed by atoms with Crippen molar-refractivity contribution in [2.75, 3.05) is 0 Å². The van der Waals surface area contributed by atoms with Gasteiger partial charge in [0.25, 0.3) is 5.56 Å². The number of hydrogen-bond donors (Lipinski definition) is 1. The molecule has 1 amide bonds. The van der Waals surface area contributed by atoms with Gasteiger partial charge in [0.2, 0.25) is 0 Å². The Hall–Kier alpha value is -3.22. The zero-order chi connectivity index (χ0) is 20.7. The molecule has 1 heterocycles. The Balaban J connectivity index is 2.51. The van der Waals surface area contributed by atoms with E-state index in [1.54, 1.807) is 43.3 Å². The highest BCUT2D eigenvalue weighted by atomic mass is 19.1. The minimum absolute atomic E-state index is 0.134. The normalized spacial score (nSPS) is 13.9. The topological polar surface area (TPSA) is 87.2 Å². The van der Waals surface area contributed by atoms with Gasteiger partial charge in [-0.05, 0) is 31.2 Å². The van der Waals surface area contributed by atoms with E-state index in [1.165, 1.54) is 16.7 Å². The molecule has 0 saturated heterocycles. The zero-order valence-corrected chi connectivity index (χ0v) is 16.2. The van der Waals surface area contributed by atoms with Crippen LogP contribution in [0.5, 0.6) is 0 Å². The summed E-state index contributed by atoms with van der Waals surface area (Å²) in [5.74, 6) is -0.507. The van der Waals surface area contributed by atoms with Crippen molar-refractivity contribution in [2.45, 2.75) is 33.3 Å². The lowest BCUT2D eigenvalue weighted by atomic mass is 9.76.